The molecule has 1 N–H and O–H groups in total. The highest BCUT2D eigenvalue weighted by Crippen LogP contribution is 2.41. The first-order chi connectivity index (χ1) is 15.9. The molecule has 1 atom stereocenters. The molecule has 0 radical (unpaired) electrons. The number of sulfonamides is 1. The van der Waals surface area contributed by atoms with Crippen LogP contribution in [0.4, 0.5) is 18.9 Å². The molecule has 1 aromatic heterocycles. The fraction of sp³-hybridized carbons (Fsp3) is 0.273. The Morgan fingerprint density at radius 1 is 1.21 bits per heavy atom. The number of carbonyl (C=O) groups is 1. The Hall–Kier alpha value is -3.54. The lowest BCUT2D eigenvalue weighted by atomic mass is 10.1. The molecule has 1 unspecified atom stereocenters. The van der Waals surface area contributed by atoms with Crippen LogP contribution in [0.5, 0.6) is 5.75 Å². The summed E-state index contributed by atoms with van der Waals surface area (Å²) >= 11 is 0. The second-order valence-corrected chi connectivity index (χ2v) is 9.65. The van der Waals surface area contributed by atoms with Gasteiger partial charge in [-0.25, -0.2) is 8.42 Å². The summed E-state index contributed by atoms with van der Waals surface area (Å²) in [5.41, 5.74) is 0.185. The third-order valence-electron chi connectivity index (χ3n) is 5.33. The molecule has 8 nitrogen and oxygen atoms in total. The molecule has 1 aliphatic heterocycles. The zero-order valence-corrected chi connectivity index (χ0v) is 18.7. The summed E-state index contributed by atoms with van der Waals surface area (Å²) in [6, 6.07) is 9.98. The van der Waals surface area contributed by atoms with Crippen LogP contribution in [-0.2, 0) is 28.0 Å². The van der Waals surface area contributed by atoms with Crippen LogP contribution in [0.1, 0.15) is 18.4 Å². The zero-order valence-electron chi connectivity index (χ0n) is 17.9. The van der Waals surface area contributed by atoms with E-state index in [0.717, 1.165) is 22.5 Å². The van der Waals surface area contributed by atoms with E-state index < -0.39 is 38.7 Å². The summed E-state index contributed by atoms with van der Waals surface area (Å²) in [5.74, 6) is -0.899. The third-order valence-corrected chi connectivity index (χ3v) is 7.11. The van der Waals surface area contributed by atoms with Crippen molar-refractivity contribution in [3.63, 3.8) is 0 Å². The lowest BCUT2D eigenvalue weighted by Crippen LogP contribution is -2.43. The van der Waals surface area contributed by atoms with Gasteiger partial charge in [0, 0.05) is 25.2 Å². The third kappa shape index (κ3) is 4.72. The van der Waals surface area contributed by atoms with Crippen molar-refractivity contribution in [2.24, 2.45) is 7.05 Å². The summed E-state index contributed by atoms with van der Waals surface area (Å²) in [4.78, 5) is 10.5. The number of halogens is 3. The van der Waals surface area contributed by atoms with Gasteiger partial charge in [-0.15, -0.1) is 0 Å². The second-order valence-electron chi connectivity index (χ2n) is 7.79. The Labute approximate surface area is 193 Å². The maximum atomic E-state index is 13.5. The maximum absolute atomic E-state index is 13.5. The first-order valence-corrected chi connectivity index (χ1v) is 11.6. The van der Waals surface area contributed by atoms with Crippen molar-refractivity contribution in [3.05, 3.63) is 60.3 Å². The lowest BCUT2D eigenvalue weighted by molar-refractivity contribution is -0.138. The van der Waals surface area contributed by atoms with Gasteiger partial charge in [0.05, 0.1) is 28.4 Å². The van der Waals surface area contributed by atoms with Gasteiger partial charge in [-0.1, -0.05) is 6.07 Å². The number of aryl methyl sites for hydroxylation is 1. The zero-order chi connectivity index (χ0) is 24.7. The molecule has 34 heavy (non-hydrogen) atoms. The topological polar surface area (TPSA) is 102 Å². The number of benzene rings is 2. The van der Waals surface area contributed by atoms with Crippen molar-refractivity contribution in [2.75, 3.05) is 10.8 Å². The molecule has 2 aromatic carbocycles. The van der Waals surface area contributed by atoms with Gasteiger partial charge in [0.2, 0.25) is 0 Å². The summed E-state index contributed by atoms with van der Waals surface area (Å²) < 4.78 is 75.1. The largest absolute Gasteiger partial charge is 0.486 e. The molecule has 4 rings (SSSR count). The van der Waals surface area contributed by atoms with Crippen LogP contribution < -0.4 is 9.04 Å². The molecule has 0 spiro atoms. The van der Waals surface area contributed by atoms with E-state index in [1.807, 2.05) is 0 Å². The van der Waals surface area contributed by atoms with Crippen LogP contribution in [0.2, 0.25) is 0 Å². The summed E-state index contributed by atoms with van der Waals surface area (Å²) in [6.07, 6.45) is -4.05. The standard InChI is InChI=1S/C22H20F3N3O5S/c1-27-10-9-18(26-27)14-5-7-20-19(11-14)28(13-16(33-20)6-8-21(29)30)34(31,32)17-4-2-3-15(12-17)22(23,24)25/h2-5,7,9-12,16H,6,8,13H2,1H3,(H,29,30). The van der Waals surface area contributed by atoms with E-state index in [9.17, 15) is 26.4 Å². The number of hydrogen-bond donors (Lipinski definition) is 1. The van der Waals surface area contributed by atoms with E-state index in [1.165, 1.54) is 6.07 Å². The smallest absolute Gasteiger partial charge is 0.416 e. The molecule has 3 aromatic rings. The number of carboxylic acids is 1. The van der Waals surface area contributed by atoms with Gasteiger partial charge in [-0.2, -0.15) is 18.3 Å². The average Bonchev–Trinajstić information content (AvgIpc) is 3.22. The summed E-state index contributed by atoms with van der Waals surface area (Å²) in [7, 11) is -2.72. The first kappa shape index (κ1) is 23.6. The monoisotopic (exact) mass is 495 g/mol. The van der Waals surface area contributed by atoms with E-state index in [0.29, 0.717) is 17.3 Å². The number of nitrogens with zero attached hydrogens (tertiary/aromatic N) is 3. The second kappa shape index (κ2) is 8.67. The Morgan fingerprint density at radius 3 is 2.62 bits per heavy atom. The Balaban J connectivity index is 1.80. The van der Waals surface area contributed by atoms with Crippen LogP contribution in [0.25, 0.3) is 11.3 Å². The SMILES string of the molecule is Cn1ccc(-c2ccc3c(c2)N(S(=O)(=O)c2cccc(C(F)(F)F)c2)CC(CCC(=O)O)O3)n1. The number of ether oxygens (including phenoxy) is 1. The van der Waals surface area contributed by atoms with Gasteiger partial charge in [0.15, 0.2) is 0 Å². The van der Waals surface area contributed by atoms with Crippen molar-refractivity contribution < 1.29 is 36.2 Å². The van der Waals surface area contributed by atoms with E-state index in [2.05, 4.69) is 5.10 Å². The predicted octanol–water partition coefficient (Wildman–Crippen LogP) is 3.93. The van der Waals surface area contributed by atoms with Gasteiger partial charge in [-0.3, -0.25) is 13.8 Å². The summed E-state index contributed by atoms with van der Waals surface area (Å²) in [6.45, 7) is -0.259. The number of rotatable bonds is 6. The van der Waals surface area contributed by atoms with E-state index in [-0.39, 0.29) is 30.8 Å². The number of fused-ring (bicyclic) bond motifs is 1. The van der Waals surface area contributed by atoms with Crippen LogP contribution in [-0.4, -0.2) is 41.9 Å². The number of hydrogen-bond acceptors (Lipinski definition) is 5. The Morgan fingerprint density at radius 2 is 1.97 bits per heavy atom. The van der Waals surface area contributed by atoms with Crippen LogP contribution in [0, 0.1) is 0 Å². The van der Waals surface area contributed by atoms with E-state index in [4.69, 9.17) is 9.84 Å². The molecular weight excluding hydrogens is 475 g/mol. The van der Waals surface area contributed by atoms with Gasteiger partial charge in [-0.05, 0) is 48.9 Å². The van der Waals surface area contributed by atoms with E-state index >= 15 is 0 Å². The number of anilines is 1. The van der Waals surface area contributed by atoms with Crippen LogP contribution in [0.3, 0.4) is 0 Å². The van der Waals surface area contributed by atoms with Crippen molar-refractivity contribution >= 4 is 21.7 Å². The molecule has 0 fully saturated rings. The number of aromatic nitrogens is 2. The highest BCUT2D eigenvalue weighted by Gasteiger charge is 2.37. The summed E-state index contributed by atoms with van der Waals surface area (Å²) in [5, 5.41) is 13.3. The molecule has 0 amide bonds. The van der Waals surface area contributed by atoms with Gasteiger partial charge < -0.3 is 9.84 Å². The highest BCUT2D eigenvalue weighted by molar-refractivity contribution is 7.92. The quantitative estimate of drug-likeness (QED) is 0.556. The van der Waals surface area contributed by atoms with Crippen molar-refractivity contribution in [2.45, 2.75) is 30.0 Å². The molecular formula is C22H20F3N3O5S. The molecule has 0 bridgehead atoms. The molecule has 0 saturated heterocycles. The van der Waals surface area contributed by atoms with Gasteiger partial charge in [0.25, 0.3) is 10.0 Å². The Bertz CT molecular complexity index is 1340. The fourth-order valence-corrected chi connectivity index (χ4v) is 5.21. The first-order valence-electron chi connectivity index (χ1n) is 10.2. The van der Waals surface area contributed by atoms with E-state index in [1.54, 1.807) is 36.1 Å². The number of carboxylic acid groups (broad SMARTS) is 1. The number of alkyl halides is 3. The van der Waals surface area contributed by atoms with Crippen molar-refractivity contribution in [1.29, 1.82) is 0 Å². The van der Waals surface area contributed by atoms with Crippen molar-refractivity contribution in [3.8, 4) is 17.0 Å². The van der Waals surface area contributed by atoms with Gasteiger partial charge >= 0.3 is 12.1 Å². The highest BCUT2D eigenvalue weighted by atomic mass is 32.2. The Kier molecular flexibility index (Phi) is 6.02. The predicted molar refractivity (Wildman–Crippen MR) is 116 cm³/mol. The molecule has 12 heteroatoms. The molecule has 2 heterocycles. The maximum Gasteiger partial charge on any atom is 0.416 e. The van der Waals surface area contributed by atoms with Crippen LogP contribution in [0.15, 0.2) is 59.6 Å². The van der Waals surface area contributed by atoms with Crippen molar-refractivity contribution in [1.82, 2.24) is 9.78 Å². The minimum Gasteiger partial charge on any atom is -0.486 e. The minimum atomic E-state index is -4.72. The lowest BCUT2D eigenvalue weighted by Gasteiger charge is -2.35. The minimum absolute atomic E-state index is 0.0192. The molecule has 0 aliphatic carbocycles. The number of aliphatic carboxylic acids is 1. The molecule has 0 saturated carbocycles. The average molecular weight is 495 g/mol. The van der Waals surface area contributed by atoms with Crippen LogP contribution >= 0.6 is 0 Å². The fourth-order valence-electron chi connectivity index (χ4n) is 3.66. The van der Waals surface area contributed by atoms with Gasteiger partial charge in [0.1, 0.15) is 11.9 Å². The molecule has 180 valence electrons. The normalized spacial score (nSPS) is 16.1. The molecule has 1 aliphatic rings.